The summed E-state index contributed by atoms with van der Waals surface area (Å²) in [4.78, 5) is 33.3. The van der Waals surface area contributed by atoms with Crippen LogP contribution in [0.4, 0.5) is 11.4 Å². The Bertz CT molecular complexity index is 1440. The van der Waals surface area contributed by atoms with Gasteiger partial charge in [0.1, 0.15) is 10.3 Å². The molecule has 1 amide bonds. The van der Waals surface area contributed by atoms with Crippen LogP contribution in [0.15, 0.2) is 66.7 Å². The average Bonchev–Trinajstić information content (AvgIpc) is 3.08. The number of hydrogen-bond acceptors (Lipinski definition) is 6. The number of thiophene rings is 1. The SMILES string of the molecule is O=C(Nc1cccc([N+](=O)[O-])c1)c1ccc2sc3nc4ccccc4nc3c2c1. The van der Waals surface area contributed by atoms with E-state index in [1.165, 1.54) is 29.5 Å². The van der Waals surface area contributed by atoms with Crippen LogP contribution in [0, 0.1) is 10.1 Å². The summed E-state index contributed by atoms with van der Waals surface area (Å²) in [5.41, 5.74) is 3.11. The summed E-state index contributed by atoms with van der Waals surface area (Å²) in [7, 11) is 0. The molecule has 5 rings (SSSR count). The molecule has 0 fully saturated rings. The topological polar surface area (TPSA) is 98.0 Å². The van der Waals surface area contributed by atoms with Crippen LogP contribution < -0.4 is 5.32 Å². The van der Waals surface area contributed by atoms with E-state index in [9.17, 15) is 14.9 Å². The minimum Gasteiger partial charge on any atom is -0.322 e. The zero-order valence-electron chi connectivity index (χ0n) is 14.8. The van der Waals surface area contributed by atoms with Crippen molar-refractivity contribution in [3.63, 3.8) is 0 Å². The first-order chi connectivity index (χ1) is 14.1. The van der Waals surface area contributed by atoms with Crippen molar-refractivity contribution in [3.05, 3.63) is 82.4 Å². The zero-order chi connectivity index (χ0) is 20.0. The summed E-state index contributed by atoms with van der Waals surface area (Å²) < 4.78 is 0.988. The molecule has 5 aromatic rings. The Morgan fingerprint density at radius 1 is 0.966 bits per heavy atom. The van der Waals surface area contributed by atoms with Crippen molar-refractivity contribution in [2.75, 3.05) is 5.32 Å². The third kappa shape index (κ3) is 3.05. The van der Waals surface area contributed by atoms with Gasteiger partial charge in [-0.2, -0.15) is 0 Å². The van der Waals surface area contributed by atoms with Crippen LogP contribution in [0.2, 0.25) is 0 Å². The highest BCUT2D eigenvalue weighted by molar-refractivity contribution is 7.25. The van der Waals surface area contributed by atoms with Crippen LogP contribution in [0.1, 0.15) is 10.4 Å². The Morgan fingerprint density at radius 2 is 1.76 bits per heavy atom. The molecule has 0 aliphatic heterocycles. The number of amides is 1. The lowest BCUT2D eigenvalue weighted by atomic mass is 10.1. The molecule has 2 aromatic heterocycles. The number of hydrogen-bond donors (Lipinski definition) is 1. The second-order valence-corrected chi connectivity index (χ2v) is 7.47. The molecule has 0 aliphatic rings. The fraction of sp³-hybridized carbons (Fsp3) is 0. The molecule has 0 radical (unpaired) electrons. The highest BCUT2D eigenvalue weighted by Gasteiger charge is 2.14. The lowest BCUT2D eigenvalue weighted by Gasteiger charge is -2.05. The predicted octanol–water partition coefficient (Wildman–Crippen LogP) is 5.16. The van der Waals surface area contributed by atoms with E-state index in [1.807, 2.05) is 30.3 Å². The number of aromatic nitrogens is 2. The van der Waals surface area contributed by atoms with E-state index >= 15 is 0 Å². The summed E-state index contributed by atoms with van der Waals surface area (Å²) in [5, 5.41) is 14.5. The van der Waals surface area contributed by atoms with Crippen LogP contribution in [-0.4, -0.2) is 20.8 Å². The van der Waals surface area contributed by atoms with Gasteiger partial charge in [-0.3, -0.25) is 14.9 Å². The zero-order valence-corrected chi connectivity index (χ0v) is 15.6. The summed E-state index contributed by atoms with van der Waals surface area (Å²) in [6.45, 7) is 0. The van der Waals surface area contributed by atoms with Crippen LogP contribution in [0.5, 0.6) is 0 Å². The molecule has 29 heavy (non-hydrogen) atoms. The van der Waals surface area contributed by atoms with E-state index in [-0.39, 0.29) is 11.6 Å². The van der Waals surface area contributed by atoms with Gasteiger partial charge in [0.05, 0.1) is 16.0 Å². The predicted molar refractivity (Wildman–Crippen MR) is 113 cm³/mol. The first-order valence-electron chi connectivity index (χ1n) is 8.73. The number of benzene rings is 3. The van der Waals surface area contributed by atoms with Crippen LogP contribution in [0.3, 0.4) is 0 Å². The van der Waals surface area contributed by atoms with Gasteiger partial charge >= 0.3 is 0 Å². The molecule has 8 heteroatoms. The third-order valence-corrected chi connectivity index (χ3v) is 5.61. The van der Waals surface area contributed by atoms with Crippen molar-refractivity contribution >= 4 is 60.1 Å². The Hall–Kier alpha value is -3.91. The molecule has 0 bridgehead atoms. The van der Waals surface area contributed by atoms with Gasteiger partial charge in [0, 0.05) is 33.5 Å². The maximum absolute atomic E-state index is 12.7. The lowest BCUT2D eigenvalue weighted by Crippen LogP contribution is -2.11. The summed E-state index contributed by atoms with van der Waals surface area (Å²) >= 11 is 1.53. The molecular weight excluding hydrogens is 388 g/mol. The van der Waals surface area contributed by atoms with Gasteiger partial charge in [-0.15, -0.1) is 11.3 Å². The van der Waals surface area contributed by atoms with E-state index in [0.717, 1.165) is 31.5 Å². The van der Waals surface area contributed by atoms with E-state index in [1.54, 1.807) is 18.2 Å². The number of nitrogens with one attached hydrogen (secondary N) is 1. The first kappa shape index (κ1) is 17.2. The number of anilines is 1. The largest absolute Gasteiger partial charge is 0.322 e. The van der Waals surface area contributed by atoms with Gasteiger partial charge < -0.3 is 5.32 Å². The van der Waals surface area contributed by atoms with Crippen molar-refractivity contribution in [2.45, 2.75) is 0 Å². The number of rotatable bonds is 3. The third-order valence-electron chi connectivity index (χ3n) is 4.56. The lowest BCUT2D eigenvalue weighted by molar-refractivity contribution is -0.384. The molecule has 0 aliphatic carbocycles. The highest BCUT2D eigenvalue weighted by atomic mass is 32.1. The fourth-order valence-electron chi connectivity index (χ4n) is 3.18. The van der Waals surface area contributed by atoms with Gasteiger partial charge in [0.15, 0.2) is 0 Å². The van der Waals surface area contributed by atoms with Crippen molar-refractivity contribution in [1.82, 2.24) is 9.97 Å². The number of nitro benzene ring substituents is 1. The molecule has 0 spiro atoms. The molecule has 3 aromatic carbocycles. The maximum Gasteiger partial charge on any atom is 0.271 e. The molecule has 7 nitrogen and oxygen atoms in total. The molecule has 2 heterocycles. The van der Waals surface area contributed by atoms with Gasteiger partial charge in [0.25, 0.3) is 11.6 Å². The molecule has 0 saturated carbocycles. The van der Waals surface area contributed by atoms with Crippen molar-refractivity contribution < 1.29 is 9.72 Å². The summed E-state index contributed by atoms with van der Waals surface area (Å²) in [6, 6.07) is 18.9. The van der Waals surface area contributed by atoms with Crippen molar-refractivity contribution in [2.24, 2.45) is 0 Å². The number of nitrogens with zero attached hydrogens (tertiary/aromatic N) is 3. The van der Waals surface area contributed by atoms with E-state index in [2.05, 4.69) is 10.3 Å². The van der Waals surface area contributed by atoms with E-state index in [0.29, 0.717) is 11.3 Å². The molecule has 0 atom stereocenters. The van der Waals surface area contributed by atoms with Gasteiger partial charge in [-0.25, -0.2) is 9.97 Å². The first-order valence-corrected chi connectivity index (χ1v) is 9.55. The Labute approximate surface area is 167 Å². The summed E-state index contributed by atoms with van der Waals surface area (Å²) in [5.74, 6) is -0.347. The monoisotopic (exact) mass is 400 g/mol. The quantitative estimate of drug-likeness (QED) is 0.333. The molecule has 0 saturated heterocycles. The average molecular weight is 400 g/mol. The van der Waals surface area contributed by atoms with Crippen LogP contribution in [-0.2, 0) is 0 Å². The Balaban J connectivity index is 1.55. The molecular formula is C21H12N4O3S. The van der Waals surface area contributed by atoms with E-state index < -0.39 is 4.92 Å². The van der Waals surface area contributed by atoms with Crippen molar-refractivity contribution in [1.29, 1.82) is 0 Å². The number of nitro groups is 1. The second kappa shape index (κ2) is 6.61. The number of carbonyl (C=O) groups is 1. The van der Waals surface area contributed by atoms with E-state index in [4.69, 9.17) is 4.98 Å². The van der Waals surface area contributed by atoms with Gasteiger partial charge in [-0.1, -0.05) is 18.2 Å². The minimum atomic E-state index is -0.498. The Morgan fingerprint density at radius 3 is 2.55 bits per heavy atom. The molecule has 140 valence electrons. The number of para-hydroxylation sites is 2. The minimum absolute atomic E-state index is 0.0794. The second-order valence-electron chi connectivity index (χ2n) is 6.44. The fourth-order valence-corrected chi connectivity index (χ4v) is 4.19. The van der Waals surface area contributed by atoms with Gasteiger partial charge in [0.2, 0.25) is 0 Å². The number of non-ortho nitro benzene ring substituents is 1. The smallest absolute Gasteiger partial charge is 0.271 e. The van der Waals surface area contributed by atoms with Crippen molar-refractivity contribution in [3.8, 4) is 0 Å². The molecule has 1 N–H and O–H groups in total. The van der Waals surface area contributed by atoms with Gasteiger partial charge in [-0.05, 0) is 36.4 Å². The standard InChI is InChI=1S/C21H12N4O3S/c26-20(22-13-4-3-5-14(11-13)25(27)28)12-8-9-18-15(10-12)19-21(29-18)24-17-7-2-1-6-16(17)23-19/h1-11H,(H,22,26). The normalized spacial score (nSPS) is 11.2. The van der Waals surface area contributed by atoms with Crippen LogP contribution in [0.25, 0.3) is 31.5 Å². The number of fused-ring (bicyclic) bond motifs is 4. The highest BCUT2D eigenvalue weighted by Crippen LogP contribution is 2.33. The maximum atomic E-state index is 12.7. The summed E-state index contributed by atoms with van der Waals surface area (Å²) in [6.07, 6.45) is 0. The van der Waals surface area contributed by atoms with Crippen LogP contribution >= 0.6 is 11.3 Å². The Kier molecular flexibility index (Phi) is 3.92. The number of carbonyl (C=O) groups excluding carboxylic acids is 1. The molecule has 0 unspecified atom stereocenters.